The van der Waals surface area contributed by atoms with Gasteiger partial charge in [-0.2, -0.15) is 0 Å². The SMILES string of the molecule is CC12CC[N+](C)(CC1)C2. The summed E-state index contributed by atoms with van der Waals surface area (Å²) in [7, 11) is 2.40. The molecule has 0 aliphatic carbocycles. The van der Waals surface area contributed by atoms with Gasteiger partial charge in [0, 0.05) is 18.3 Å². The molecule has 2 heterocycles. The molecule has 0 radical (unpaired) electrons. The third-order valence-corrected chi connectivity index (χ3v) is 3.27. The number of piperidine rings is 1. The van der Waals surface area contributed by atoms with Crippen molar-refractivity contribution in [2.24, 2.45) is 5.41 Å². The Morgan fingerprint density at radius 1 is 1.22 bits per heavy atom. The quantitative estimate of drug-likeness (QED) is 0.428. The summed E-state index contributed by atoms with van der Waals surface area (Å²) in [5.41, 5.74) is 0.745. The molecular weight excluding hydrogens is 110 g/mol. The zero-order valence-electron chi connectivity index (χ0n) is 6.48. The van der Waals surface area contributed by atoms with Crippen molar-refractivity contribution in [1.82, 2.24) is 0 Å². The van der Waals surface area contributed by atoms with Crippen LogP contribution in [0.4, 0.5) is 0 Å². The van der Waals surface area contributed by atoms with Crippen LogP contribution in [0.1, 0.15) is 19.8 Å². The van der Waals surface area contributed by atoms with Gasteiger partial charge in [0.2, 0.25) is 0 Å². The normalized spacial score (nSPS) is 56.7. The van der Waals surface area contributed by atoms with Crippen LogP contribution in [0.3, 0.4) is 0 Å². The Balaban J connectivity index is 2.25. The summed E-state index contributed by atoms with van der Waals surface area (Å²) in [6, 6.07) is 0. The van der Waals surface area contributed by atoms with E-state index in [9.17, 15) is 0 Å². The van der Waals surface area contributed by atoms with Crippen molar-refractivity contribution in [3.05, 3.63) is 0 Å². The predicted molar refractivity (Wildman–Crippen MR) is 38.1 cm³/mol. The molecule has 0 spiro atoms. The molecule has 0 aromatic heterocycles. The van der Waals surface area contributed by atoms with Gasteiger partial charge >= 0.3 is 0 Å². The van der Waals surface area contributed by atoms with Crippen molar-refractivity contribution in [3.63, 3.8) is 0 Å². The zero-order valence-corrected chi connectivity index (χ0v) is 6.48. The molecule has 2 bridgehead atoms. The molecule has 1 heteroatoms. The van der Waals surface area contributed by atoms with Crippen molar-refractivity contribution < 1.29 is 4.48 Å². The molecule has 2 fully saturated rings. The third-order valence-electron chi connectivity index (χ3n) is 3.27. The van der Waals surface area contributed by atoms with Gasteiger partial charge in [0.05, 0.1) is 26.7 Å². The van der Waals surface area contributed by atoms with E-state index in [1.807, 2.05) is 0 Å². The Morgan fingerprint density at radius 3 is 1.89 bits per heavy atom. The highest BCUT2D eigenvalue weighted by atomic mass is 15.4. The third kappa shape index (κ3) is 0.710. The molecule has 2 rings (SSSR count). The molecule has 0 atom stereocenters. The molecule has 2 aliphatic heterocycles. The number of fused-ring (bicyclic) bond motifs is 2. The summed E-state index contributed by atoms with van der Waals surface area (Å²) >= 11 is 0. The van der Waals surface area contributed by atoms with E-state index in [-0.39, 0.29) is 0 Å². The van der Waals surface area contributed by atoms with Gasteiger partial charge in [-0.25, -0.2) is 0 Å². The first kappa shape index (κ1) is 5.72. The first-order valence-electron chi connectivity index (χ1n) is 3.96. The highest BCUT2D eigenvalue weighted by molar-refractivity contribution is 4.84. The van der Waals surface area contributed by atoms with Crippen LogP contribution in [0.5, 0.6) is 0 Å². The first-order valence-corrected chi connectivity index (χ1v) is 3.96. The van der Waals surface area contributed by atoms with E-state index in [0.717, 1.165) is 5.41 Å². The fourth-order valence-corrected chi connectivity index (χ4v) is 2.55. The largest absolute Gasteiger partial charge is 0.326 e. The summed E-state index contributed by atoms with van der Waals surface area (Å²) in [5, 5.41) is 0. The molecule has 0 N–H and O–H groups in total. The average molecular weight is 126 g/mol. The average Bonchev–Trinajstić information content (AvgIpc) is 2.19. The van der Waals surface area contributed by atoms with Crippen LogP contribution in [-0.2, 0) is 0 Å². The highest BCUT2D eigenvalue weighted by Gasteiger charge is 2.49. The Hall–Kier alpha value is -0.0400. The van der Waals surface area contributed by atoms with Gasteiger partial charge in [-0.15, -0.1) is 0 Å². The van der Waals surface area contributed by atoms with Crippen LogP contribution in [0.25, 0.3) is 0 Å². The number of hydrogen-bond donors (Lipinski definition) is 0. The topological polar surface area (TPSA) is 0 Å². The minimum atomic E-state index is 0.745. The van der Waals surface area contributed by atoms with Crippen molar-refractivity contribution in [3.8, 4) is 0 Å². The number of hydrogen-bond acceptors (Lipinski definition) is 0. The van der Waals surface area contributed by atoms with Crippen molar-refractivity contribution in [2.75, 3.05) is 26.7 Å². The molecule has 2 saturated heterocycles. The summed E-state index contributed by atoms with van der Waals surface area (Å²) in [5.74, 6) is 0. The second-order valence-electron chi connectivity index (χ2n) is 4.54. The van der Waals surface area contributed by atoms with Crippen LogP contribution in [0.2, 0.25) is 0 Å². The van der Waals surface area contributed by atoms with E-state index in [0.29, 0.717) is 0 Å². The Morgan fingerprint density at radius 2 is 1.78 bits per heavy atom. The van der Waals surface area contributed by atoms with Crippen LogP contribution >= 0.6 is 0 Å². The van der Waals surface area contributed by atoms with E-state index >= 15 is 0 Å². The standard InChI is InChI=1S/C8H16N/c1-8-3-5-9(2,7-8)6-4-8/h3-7H2,1-2H3/q+1. The summed E-state index contributed by atoms with van der Waals surface area (Å²) in [6.07, 6.45) is 2.95. The van der Waals surface area contributed by atoms with Gasteiger partial charge in [-0.3, -0.25) is 0 Å². The minimum absolute atomic E-state index is 0.745. The van der Waals surface area contributed by atoms with E-state index in [4.69, 9.17) is 0 Å². The number of quaternary nitrogens is 1. The van der Waals surface area contributed by atoms with Crippen molar-refractivity contribution in [2.45, 2.75) is 19.8 Å². The van der Waals surface area contributed by atoms with E-state index in [1.165, 1.54) is 37.0 Å². The molecule has 52 valence electrons. The monoisotopic (exact) mass is 126 g/mol. The van der Waals surface area contributed by atoms with Crippen molar-refractivity contribution in [1.29, 1.82) is 0 Å². The van der Waals surface area contributed by atoms with Gasteiger partial charge in [-0.1, -0.05) is 6.92 Å². The maximum absolute atomic E-state index is 2.45. The Kier molecular flexibility index (Phi) is 0.852. The molecule has 9 heavy (non-hydrogen) atoms. The Labute approximate surface area is 57.3 Å². The first-order chi connectivity index (χ1) is 4.12. The fraction of sp³-hybridized carbons (Fsp3) is 1.00. The molecule has 2 aliphatic rings. The van der Waals surface area contributed by atoms with Crippen LogP contribution in [-0.4, -0.2) is 31.2 Å². The van der Waals surface area contributed by atoms with Crippen LogP contribution in [0.15, 0.2) is 0 Å². The molecule has 0 amide bonds. The van der Waals surface area contributed by atoms with E-state index < -0.39 is 0 Å². The van der Waals surface area contributed by atoms with Gasteiger partial charge in [0.25, 0.3) is 0 Å². The van der Waals surface area contributed by atoms with Crippen LogP contribution < -0.4 is 0 Å². The van der Waals surface area contributed by atoms with Gasteiger partial charge in [-0.05, 0) is 0 Å². The summed E-state index contributed by atoms with van der Waals surface area (Å²) in [4.78, 5) is 0. The van der Waals surface area contributed by atoms with Gasteiger partial charge < -0.3 is 4.48 Å². The second-order valence-corrected chi connectivity index (χ2v) is 4.54. The maximum Gasteiger partial charge on any atom is 0.0843 e. The molecule has 0 saturated carbocycles. The Bertz CT molecular complexity index is 116. The molecule has 0 unspecified atom stereocenters. The highest BCUT2D eigenvalue weighted by Crippen LogP contribution is 2.43. The molecule has 0 aromatic carbocycles. The lowest BCUT2D eigenvalue weighted by atomic mass is 9.87. The van der Waals surface area contributed by atoms with Gasteiger partial charge in [0.15, 0.2) is 0 Å². The van der Waals surface area contributed by atoms with Crippen molar-refractivity contribution >= 4 is 0 Å². The predicted octanol–water partition coefficient (Wildman–Crippen LogP) is 1.25. The van der Waals surface area contributed by atoms with E-state index in [2.05, 4.69) is 14.0 Å². The molecule has 1 nitrogen and oxygen atoms in total. The number of rotatable bonds is 0. The fourth-order valence-electron chi connectivity index (χ4n) is 2.55. The van der Waals surface area contributed by atoms with Gasteiger partial charge in [0.1, 0.15) is 0 Å². The molecule has 0 aromatic rings. The zero-order chi connectivity index (χ0) is 6.54. The lowest BCUT2D eigenvalue weighted by molar-refractivity contribution is -0.890. The molecular formula is C8H16N+. The minimum Gasteiger partial charge on any atom is -0.326 e. The number of nitrogens with zero attached hydrogens (tertiary/aromatic N) is 1. The van der Waals surface area contributed by atoms with E-state index in [1.54, 1.807) is 0 Å². The summed E-state index contributed by atoms with van der Waals surface area (Å²) in [6.45, 7) is 6.78. The summed E-state index contributed by atoms with van der Waals surface area (Å²) < 4.78 is 1.37. The van der Waals surface area contributed by atoms with Crippen LogP contribution in [0, 0.1) is 5.41 Å². The smallest absolute Gasteiger partial charge is 0.0843 e. The maximum atomic E-state index is 2.45. The lowest BCUT2D eigenvalue weighted by Gasteiger charge is -2.25. The lowest BCUT2D eigenvalue weighted by Crippen LogP contribution is -2.38. The second kappa shape index (κ2) is 1.34.